The summed E-state index contributed by atoms with van der Waals surface area (Å²) in [6.45, 7) is 6.76. The fourth-order valence-corrected chi connectivity index (χ4v) is 4.81. The summed E-state index contributed by atoms with van der Waals surface area (Å²) in [7, 11) is 8.33. The third-order valence-corrected chi connectivity index (χ3v) is 6.51. The van der Waals surface area contributed by atoms with E-state index >= 15 is 0 Å². The number of nitrogens with zero attached hydrogens (tertiary/aromatic N) is 2. The Balaban J connectivity index is 1.53. The third-order valence-electron chi connectivity index (χ3n) is 6.51. The number of H-pyrrole nitrogens is 1. The predicted octanol–water partition coefficient (Wildman–Crippen LogP) is 5.64. The summed E-state index contributed by atoms with van der Waals surface area (Å²) in [5.74, 6) is 2.26. The van der Waals surface area contributed by atoms with Crippen molar-refractivity contribution in [1.82, 2.24) is 20.1 Å². The van der Waals surface area contributed by atoms with Gasteiger partial charge in [-0.05, 0) is 94.3 Å². The average molecular weight is 507 g/mol. The van der Waals surface area contributed by atoms with Gasteiger partial charge in [-0.25, -0.2) is 4.79 Å². The van der Waals surface area contributed by atoms with Crippen LogP contribution in [-0.4, -0.2) is 68.8 Å². The molecule has 0 aliphatic carbocycles. The zero-order valence-electron chi connectivity index (χ0n) is 23.1. The molecule has 0 saturated carbocycles. The van der Waals surface area contributed by atoms with Gasteiger partial charge in [-0.3, -0.25) is 5.32 Å². The Morgan fingerprint density at radius 3 is 2.62 bits per heavy atom. The Kier molecular flexibility index (Phi) is 10.6. The second-order valence-corrected chi connectivity index (χ2v) is 10.1. The van der Waals surface area contributed by atoms with Gasteiger partial charge in [0.15, 0.2) is 0 Å². The van der Waals surface area contributed by atoms with Crippen LogP contribution >= 0.6 is 0 Å². The van der Waals surface area contributed by atoms with E-state index in [-0.39, 0.29) is 0 Å². The molecule has 0 spiro atoms. The van der Waals surface area contributed by atoms with Crippen LogP contribution in [0.3, 0.4) is 0 Å². The molecule has 0 fully saturated rings. The van der Waals surface area contributed by atoms with Gasteiger partial charge in [0.1, 0.15) is 18.1 Å². The van der Waals surface area contributed by atoms with E-state index in [2.05, 4.69) is 80.5 Å². The highest BCUT2D eigenvalue weighted by atomic mass is 16.6. The highest BCUT2D eigenvalue weighted by Gasteiger charge is 2.19. The largest absolute Gasteiger partial charge is 0.489 e. The van der Waals surface area contributed by atoms with Crippen molar-refractivity contribution in [3.05, 3.63) is 72.1 Å². The number of aromatic amines is 1. The molecule has 0 aliphatic heterocycles. The Hall–Kier alpha value is -3.29. The molecule has 0 unspecified atom stereocenters. The summed E-state index contributed by atoms with van der Waals surface area (Å²) < 4.78 is 11.5. The number of fused-ring (bicyclic) bond motifs is 1. The third kappa shape index (κ3) is 8.37. The Bertz CT molecular complexity index is 1170. The summed E-state index contributed by atoms with van der Waals surface area (Å²) in [6, 6.07) is 13.8. The molecule has 0 saturated heterocycles. The molecule has 1 amide bonds. The zero-order chi connectivity index (χ0) is 26.8. The first-order valence-electron chi connectivity index (χ1n) is 13.0. The molecule has 200 valence electrons. The van der Waals surface area contributed by atoms with Gasteiger partial charge in [0.25, 0.3) is 0 Å². The van der Waals surface area contributed by atoms with Gasteiger partial charge in [-0.1, -0.05) is 32.0 Å². The quantitative estimate of drug-likeness (QED) is 0.314. The monoisotopic (exact) mass is 506 g/mol. The number of carbonyl (C=O) groups is 1. The van der Waals surface area contributed by atoms with Crippen LogP contribution in [0.15, 0.2) is 60.9 Å². The van der Waals surface area contributed by atoms with Crippen LogP contribution in [-0.2, 0) is 6.42 Å². The minimum Gasteiger partial charge on any atom is -0.489 e. The molecular weight excluding hydrogens is 464 g/mol. The van der Waals surface area contributed by atoms with Crippen molar-refractivity contribution >= 4 is 17.0 Å². The van der Waals surface area contributed by atoms with Crippen LogP contribution in [0.25, 0.3) is 10.9 Å². The van der Waals surface area contributed by atoms with Gasteiger partial charge in [-0.15, -0.1) is 0 Å². The average Bonchev–Trinajstić information content (AvgIpc) is 3.27. The van der Waals surface area contributed by atoms with Crippen molar-refractivity contribution in [3.8, 4) is 11.5 Å². The van der Waals surface area contributed by atoms with Gasteiger partial charge in [0.2, 0.25) is 0 Å². The van der Waals surface area contributed by atoms with Gasteiger partial charge >= 0.3 is 6.09 Å². The van der Waals surface area contributed by atoms with E-state index in [0.29, 0.717) is 24.2 Å². The van der Waals surface area contributed by atoms with Crippen molar-refractivity contribution in [2.45, 2.75) is 32.6 Å². The van der Waals surface area contributed by atoms with E-state index in [1.165, 1.54) is 11.1 Å². The topological polar surface area (TPSA) is 69.8 Å². The summed E-state index contributed by atoms with van der Waals surface area (Å²) in [4.78, 5) is 20.1. The van der Waals surface area contributed by atoms with Crippen LogP contribution in [0.2, 0.25) is 0 Å². The molecule has 37 heavy (non-hydrogen) atoms. The van der Waals surface area contributed by atoms with E-state index in [0.717, 1.165) is 42.6 Å². The second-order valence-electron chi connectivity index (χ2n) is 10.1. The van der Waals surface area contributed by atoms with Crippen LogP contribution in [0.4, 0.5) is 4.79 Å². The second kappa shape index (κ2) is 13.9. The lowest BCUT2D eigenvalue weighted by Gasteiger charge is -2.26. The number of hydrogen-bond acceptors (Lipinski definition) is 5. The van der Waals surface area contributed by atoms with Crippen molar-refractivity contribution in [2.24, 2.45) is 5.92 Å². The van der Waals surface area contributed by atoms with Crippen LogP contribution in [0, 0.1) is 5.92 Å². The number of hydrogen-bond donors (Lipinski definition) is 2. The molecule has 0 aliphatic rings. The molecule has 7 nitrogen and oxygen atoms in total. The van der Waals surface area contributed by atoms with E-state index < -0.39 is 6.09 Å². The minimum absolute atomic E-state index is 0.328. The molecule has 3 rings (SSSR count). The lowest BCUT2D eigenvalue weighted by molar-refractivity contribution is 0.204. The van der Waals surface area contributed by atoms with Crippen LogP contribution in [0.1, 0.15) is 37.3 Å². The standard InChI is InChI=1S/C30H42N4O3/c1-7-26(22(2)21-34(5)6)23-11-8-12-25(19-23)37-30(35)31-16-10-18-36-28-14-9-13-27-29(28)24(20-32-27)15-17-33(3)4/h8-14,16,19-20,22,26,32H,7,15,17-18,21H2,1-6H3,(H,31,35)/b16-10+/t22-,26+/m1/s1. The Morgan fingerprint density at radius 1 is 1.11 bits per heavy atom. The van der Waals surface area contributed by atoms with Gasteiger partial charge in [0, 0.05) is 36.4 Å². The number of amides is 1. The van der Waals surface area contributed by atoms with Gasteiger partial charge in [-0.2, -0.15) is 0 Å². The summed E-state index contributed by atoms with van der Waals surface area (Å²) in [6.07, 6.45) is 6.81. The molecule has 2 aromatic carbocycles. The zero-order valence-corrected chi connectivity index (χ0v) is 23.1. The first-order valence-corrected chi connectivity index (χ1v) is 13.0. The number of ether oxygens (including phenoxy) is 2. The maximum absolute atomic E-state index is 12.3. The molecule has 3 aromatic rings. The molecular formula is C30H42N4O3. The number of carbonyl (C=O) groups excluding carboxylic acids is 1. The molecule has 0 radical (unpaired) electrons. The van der Waals surface area contributed by atoms with Crippen LogP contribution in [0.5, 0.6) is 11.5 Å². The van der Waals surface area contributed by atoms with Crippen LogP contribution < -0.4 is 14.8 Å². The number of rotatable bonds is 13. The molecule has 2 N–H and O–H groups in total. The number of nitrogens with one attached hydrogen (secondary N) is 2. The summed E-state index contributed by atoms with van der Waals surface area (Å²) in [5.41, 5.74) is 3.48. The lowest BCUT2D eigenvalue weighted by Crippen LogP contribution is -2.24. The number of benzene rings is 2. The van der Waals surface area contributed by atoms with Crippen molar-refractivity contribution in [3.63, 3.8) is 0 Å². The van der Waals surface area contributed by atoms with Crippen molar-refractivity contribution in [1.29, 1.82) is 0 Å². The minimum atomic E-state index is -0.526. The Labute approximate surface area is 221 Å². The Morgan fingerprint density at radius 2 is 1.89 bits per heavy atom. The van der Waals surface area contributed by atoms with E-state index in [4.69, 9.17) is 9.47 Å². The van der Waals surface area contributed by atoms with Gasteiger partial charge in [0.05, 0.1) is 0 Å². The van der Waals surface area contributed by atoms with Crippen molar-refractivity contribution in [2.75, 3.05) is 47.9 Å². The predicted molar refractivity (Wildman–Crippen MR) is 152 cm³/mol. The van der Waals surface area contributed by atoms with E-state index in [9.17, 15) is 4.79 Å². The maximum atomic E-state index is 12.3. The van der Waals surface area contributed by atoms with Gasteiger partial charge < -0.3 is 24.3 Å². The lowest BCUT2D eigenvalue weighted by atomic mass is 9.85. The molecule has 2 atom stereocenters. The molecule has 0 bridgehead atoms. The van der Waals surface area contributed by atoms with Crippen molar-refractivity contribution < 1.29 is 14.3 Å². The molecule has 1 aromatic heterocycles. The fraction of sp³-hybridized carbons (Fsp3) is 0.433. The first kappa shape index (κ1) is 28.3. The number of likely N-dealkylation sites (N-methyl/N-ethyl adjacent to an activating group) is 1. The summed E-state index contributed by atoms with van der Waals surface area (Å²) >= 11 is 0. The smallest absolute Gasteiger partial charge is 0.416 e. The maximum Gasteiger partial charge on any atom is 0.416 e. The SMILES string of the molecule is CC[C@H](c1cccc(OC(=O)N/C=C/COc2cccc3[nH]cc(CCN(C)C)c23)c1)[C@H](C)CN(C)C. The summed E-state index contributed by atoms with van der Waals surface area (Å²) in [5, 5.41) is 3.77. The molecule has 7 heteroatoms. The highest BCUT2D eigenvalue weighted by Crippen LogP contribution is 2.31. The fourth-order valence-electron chi connectivity index (χ4n) is 4.81. The normalized spacial score (nSPS) is 13.4. The van der Waals surface area contributed by atoms with E-state index in [1.54, 1.807) is 12.3 Å². The highest BCUT2D eigenvalue weighted by molar-refractivity contribution is 5.89. The van der Waals surface area contributed by atoms with E-state index in [1.807, 2.05) is 30.3 Å². The molecule has 1 heterocycles. The first-order chi connectivity index (χ1) is 17.8. The number of aromatic nitrogens is 1.